The fraction of sp³-hybridized carbons (Fsp3) is 0.400. The Kier molecular flexibility index (Phi) is 4.43. The molecule has 0 atom stereocenters. The van der Waals surface area contributed by atoms with Gasteiger partial charge in [0.25, 0.3) is 0 Å². The monoisotopic (exact) mass is 273 g/mol. The molecule has 0 saturated heterocycles. The molecule has 0 aliphatic rings. The van der Waals surface area contributed by atoms with Gasteiger partial charge in [-0.05, 0) is 36.5 Å². The molecule has 0 unspecified atom stereocenters. The number of aromatic amines is 1. The van der Waals surface area contributed by atoms with Crippen molar-refractivity contribution in [2.75, 3.05) is 0 Å². The summed E-state index contributed by atoms with van der Waals surface area (Å²) in [6.45, 7) is 6.51. The molecule has 2 rings (SSSR count). The Morgan fingerprint density at radius 3 is 2.84 bits per heavy atom. The number of rotatable bonds is 4. The predicted octanol–water partition coefficient (Wildman–Crippen LogP) is 3.96. The van der Waals surface area contributed by atoms with Crippen LogP contribution in [0.2, 0.25) is 0 Å². The Balaban J connectivity index is 2.50. The largest absolute Gasteiger partial charge is 0.343 e. The van der Waals surface area contributed by atoms with Crippen molar-refractivity contribution in [2.45, 2.75) is 33.6 Å². The van der Waals surface area contributed by atoms with E-state index in [1.54, 1.807) is 6.20 Å². The summed E-state index contributed by atoms with van der Waals surface area (Å²) in [6.07, 6.45) is 5.59. The maximum absolute atomic E-state index is 5.27. The number of aryl methyl sites for hydroxylation is 1. The molecule has 0 amide bonds. The van der Waals surface area contributed by atoms with Crippen molar-refractivity contribution in [2.24, 2.45) is 5.92 Å². The highest BCUT2D eigenvalue weighted by Gasteiger charge is 2.08. The van der Waals surface area contributed by atoms with E-state index in [1.165, 1.54) is 5.56 Å². The molecular formula is C15H19N3S. The summed E-state index contributed by atoms with van der Waals surface area (Å²) >= 11 is 5.27. The van der Waals surface area contributed by atoms with Crippen LogP contribution in [0, 0.1) is 10.6 Å². The topological polar surface area (TPSA) is 41.6 Å². The Labute approximate surface area is 119 Å². The van der Waals surface area contributed by atoms with E-state index < -0.39 is 0 Å². The van der Waals surface area contributed by atoms with Crippen molar-refractivity contribution in [3.05, 3.63) is 40.4 Å². The van der Waals surface area contributed by atoms with E-state index in [1.807, 2.05) is 18.3 Å². The highest BCUT2D eigenvalue weighted by Crippen LogP contribution is 2.20. The van der Waals surface area contributed by atoms with Crippen LogP contribution in [0.5, 0.6) is 0 Å². The van der Waals surface area contributed by atoms with Crippen molar-refractivity contribution in [1.29, 1.82) is 0 Å². The van der Waals surface area contributed by atoms with Gasteiger partial charge in [-0.25, -0.2) is 4.98 Å². The van der Waals surface area contributed by atoms with Crippen LogP contribution in [0.15, 0.2) is 24.5 Å². The predicted molar refractivity (Wildman–Crippen MR) is 80.6 cm³/mol. The second-order valence-electron chi connectivity index (χ2n) is 5.08. The highest BCUT2D eigenvalue weighted by atomic mass is 32.1. The van der Waals surface area contributed by atoms with E-state index in [0.717, 1.165) is 29.9 Å². The van der Waals surface area contributed by atoms with Crippen molar-refractivity contribution in [1.82, 2.24) is 15.0 Å². The molecule has 4 heteroatoms. The lowest BCUT2D eigenvalue weighted by Crippen LogP contribution is -2.02. The van der Waals surface area contributed by atoms with Crippen LogP contribution >= 0.6 is 12.2 Å². The van der Waals surface area contributed by atoms with Gasteiger partial charge in [0.15, 0.2) is 0 Å². The molecule has 0 bridgehead atoms. The van der Waals surface area contributed by atoms with Crippen LogP contribution < -0.4 is 0 Å². The number of pyridine rings is 1. The molecule has 0 aromatic carbocycles. The molecule has 2 heterocycles. The van der Waals surface area contributed by atoms with Crippen molar-refractivity contribution >= 4 is 12.2 Å². The second-order valence-corrected chi connectivity index (χ2v) is 5.50. The zero-order valence-corrected chi connectivity index (χ0v) is 12.4. The van der Waals surface area contributed by atoms with E-state index in [2.05, 4.69) is 35.7 Å². The first kappa shape index (κ1) is 13.9. The van der Waals surface area contributed by atoms with Gasteiger partial charge in [-0.1, -0.05) is 33.0 Å². The maximum atomic E-state index is 5.27. The molecule has 1 N–H and O–H groups in total. The number of nitrogens with one attached hydrogen (secondary N) is 1. The Morgan fingerprint density at radius 1 is 1.37 bits per heavy atom. The molecule has 0 fully saturated rings. The lowest BCUT2D eigenvalue weighted by Gasteiger charge is -2.10. The summed E-state index contributed by atoms with van der Waals surface area (Å²) in [5, 5.41) is 0. The maximum Gasteiger partial charge on any atom is 0.139 e. The molecule has 2 aromatic rings. The molecule has 3 nitrogen and oxygen atoms in total. The SMILES string of the molecule is CCc1cnccc1-c1nc(=S)cc(CC(C)C)[nH]1. The van der Waals surface area contributed by atoms with E-state index in [0.29, 0.717) is 10.6 Å². The van der Waals surface area contributed by atoms with Gasteiger partial charge in [0.05, 0.1) is 0 Å². The third kappa shape index (κ3) is 3.47. The van der Waals surface area contributed by atoms with Crippen LogP contribution in [0.3, 0.4) is 0 Å². The summed E-state index contributed by atoms with van der Waals surface area (Å²) in [5.41, 5.74) is 3.42. The fourth-order valence-corrected chi connectivity index (χ4v) is 2.36. The van der Waals surface area contributed by atoms with Crippen LogP contribution in [-0.4, -0.2) is 15.0 Å². The number of nitrogens with zero attached hydrogens (tertiary/aromatic N) is 2. The van der Waals surface area contributed by atoms with Crippen LogP contribution in [0.1, 0.15) is 32.0 Å². The molecule has 19 heavy (non-hydrogen) atoms. The highest BCUT2D eigenvalue weighted by molar-refractivity contribution is 7.71. The third-order valence-corrected chi connectivity index (χ3v) is 3.18. The molecule has 0 aliphatic heterocycles. The van der Waals surface area contributed by atoms with E-state index in [4.69, 9.17) is 12.2 Å². The number of hydrogen-bond donors (Lipinski definition) is 1. The zero-order valence-electron chi connectivity index (χ0n) is 11.6. The minimum absolute atomic E-state index is 0.587. The van der Waals surface area contributed by atoms with Gasteiger partial charge in [0.2, 0.25) is 0 Å². The van der Waals surface area contributed by atoms with Gasteiger partial charge in [-0.15, -0.1) is 0 Å². The van der Waals surface area contributed by atoms with E-state index in [-0.39, 0.29) is 0 Å². The first-order chi connectivity index (χ1) is 9.10. The average molecular weight is 273 g/mol. The second kappa shape index (κ2) is 6.06. The minimum Gasteiger partial charge on any atom is -0.343 e. The summed E-state index contributed by atoms with van der Waals surface area (Å²) in [5.74, 6) is 1.44. The molecule has 2 aromatic heterocycles. The van der Waals surface area contributed by atoms with Gasteiger partial charge in [-0.2, -0.15) is 0 Å². The lowest BCUT2D eigenvalue weighted by atomic mass is 10.1. The Morgan fingerprint density at radius 2 is 2.16 bits per heavy atom. The van der Waals surface area contributed by atoms with Gasteiger partial charge >= 0.3 is 0 Å². The van der Waals surface area contributed by atoms with E-state index >= 15 is 0 Å². The Hall–Kier alpha value is -1.55. The van der Waals surface area contributed by atoms with Gasteiger partial charge in [-0.3, -0.25) is 4.98 Å². The quantitative estimate of drug-likeness (QED) is 0.857. The first-order valence-corrected chi connectivity index (χ1v) is 7.04. The van der Waals surface area contributed by atoms with Crippen molar-refractivity contribution < 1.29 is 0 Å². The normalized spacial score (nSPS) is 10.9. The van der Waals surface area contributed by atoms with Gasteiger partial charge in [0, 0.05) is 23.7 Å². The van der Waals surface area contributed by atoms with Crippen LogP contribution in [0.25, 0.3) is 11.4 Å². The van der Waals surface area contributed by atoms with Crippen molar-refractivity contribution in [3.8, 4) is 11.4 Å². The average Bonchev–Trinajstić information content (AvgIpc) is 2.37. The Bertz CT molecular complexity index is 617. The zero-order chi connectivity index (χ0) is 13.8. The molecule has 0 spiro atoms. The standard InChI is InChI=1S/C15H19N3S/c1-4-11-9-16-6-5-13(11)15-17-12(7-10(2)3)8-14(19)18-15/h5-6,8-10H,4,7H2,1-3H3,(H,17,18,19). The molecule has 100 valence electrons. The molecule has 0 aliphatic carbocycles. The van der Waals surface area contributed by atoms with Crippen LogP contribution in [0.4, 0.5) is 0 Å². The third-order valence-electron chi connectivity index (χ3n) is 2.97. The minimum atomic E-state index is 0.587. The molecule has 0 radical (unpaired) electrons. The fourth-order valence-electron chi connectivity index (χ4n) is 2.12. The summed E-state index contributed by atoms with van der Waals surface area (Å²) < 4.78 is 0.642. The number of hydrogen-bond acceptors (Lipinski definition) is 3. The summed E-state index contributed by atoms with van der Waals surface area (Å²) in [4.78, 5) is 12.0. The number of H-pyrrole nitrogens is 1. The smallest absolute Gasteiger partial charge is 0.139 e. The van der Waals surface area contributed by atoms with Crippen molar-refractivity contribution in [3.63, 3.8) is 0 Å². The van der Waals surface area contributed by atoms with E-state index in [9.17, 15) is 0 Å². The van der Waals surface area contributed by atoms with Crippen LogP contribution in [-0.2, 0) is 12.8 Å². The van der Waals surface area contributed by atoms with Gasteiger partial charge in [0.1, 0.15) is 10.5 Å². The van der Waals surface area contributed by atoms with Gasteiger partial charge < -0.3 is 4.98 Å². The lowest BCUT2D eigenvalue weighted by molar-refractivity contribution is 0.634. The first-order valence-electron chi connectivity index (χ1n) is 6.63. The molecule has 0 saturated carbocycles. The summed E-state index contributed by atoms with van der Waals surface area (Å²) in [6, 6.07) is 3.94. The molecular weight excluding hydrogens is 254 g/mol. The number of aromatic nitrogens is 3. The summed E-state index contributed by atoms with van der Waals surface area (Å²) in [7, 11) is 0.